The number of urea groups is 1. The lowest BCUT2D eigenvalue weighted by Gasteiger charge is -2.09. The zero-order valence-corrected chi connectivity index (χ0v) is 8.15. The maximum atomic E-state index is 11.1. The zero-order chi connectivity index (χ0) is 11.3. The Kier molecular flexibility index (Phi) is 3.67. The first kappa shape index (κ1) is 11.0. The molecule has 15 heavy (non-hydrogen) atoms. The monoisotopic (exact) mass is 212 g/mol. The number of aliphatic carboxylic acids is 1. The highest BCUT2D eigenvalue weighted by molar-refractivity contribution is 5.82. The number of carboxylic acid groups (broad SMARTS) is 1. The Bertz CT molecular complexity index is 336. The number of nitrogens with zero attached hydrogens (tertiary/aromatic N) is 1. The third kappa shape index (κ3) is 3.67. The third-order valence-electron chi connectivity index (χ3n) is 1.71. The molecule has 4 N–H and O–H groups in total. The molecular formula is C8H12N4O3. The maximum Gasteiger partial charge on any atom is 0.325 e. The van der Waals surface area contributed by atoms with E-state index in [1.54, 1.807) is 6.20 Å². The van der Waals surface area contributed by atoms with E-state index in [0.29, 0.717) is 0 Å². The van der Waals surface area contributed by atoms with Crippen LogP contribution >= 0.6 is 0 Å². The van der Waals surface area contributed by atoms with Crippen molar-refractivity contribution in [3.8, 4) is 0 Å². The Morgan fingerprint density at radius 3 is 2.93 bits per heavy atom. The number of hydrogen-bond donors (Lipinski definition) is 4. The van der Waals surface area contributed by atoms with E-state index in [2.05, 4.69) is 20.6 Å². The highest BCUT2D eigenvalue weighted by Gasteiger charge is 2.13. The molecule has 0 aliphatic carbocycles. The maximum absolute atomic E-state index is 11.1. The molecule has 1 aromatic rings. The van der Waals surface area contributed by atoms with Gasteiger partial charge in [-0.1, -0.05) is 0 Å². The molecule has 1 aromatic heterocycles. The molecule has 0 spiro atoms. The van der Waals surface area contributed by atoms with Gasteiger partial charge in [0.15, 0.2) is 0 Å². The van der Waals surface area contributed by atoms with Gasteiger partial charge in [-0.15, -0.1) is 0 Å². The summed E-state index contributed by atoms with van der Waals surface area (Å²) in [5, 5.41) is 13.3. The fourth-order valence-corrected chi connectivity index (χ4v) is 0.866. The number of amides is 2. The molecule has 0 aliphatic heterocycles. The average molecular weight is 212 g/mol. The molecule has 2 amide bonds. The summed E-state index contributed by atoms with van der Waals surface area (Å²) in [6, 6.07) is -1.44. The van der Waals surface area contributed by atoms with Crippen LogP contribution in [0.5, 0.6) is 0 Å². The molecule has 1 heterocycles. The minimum atomic E-state index is -1.08. The first-order chi connectivity index (χ1) is 7.09. The number of rotatable bonds is 4. The van der Waals surface area contributed by atoms with Crippen LogP contribution < -0.4 is 10.6 Å². The molecule has 0 aromatic carbocycles. The number of hydrogen-bond acceptors (Lipinski definition) is 3. The SMILES string of the molecule is C[C@@H](NC(=O)NCc1cnc[nH]1)C(=O)O. The van der Waals surface area contributed by atoms with Crippen LogP contribution in [0.15, 0.2) is 12.5 Å². The first-order valence-corrected chi connectivity index (χ1v) is 4.34. The predicted molar refractivity (Wildman–Crippen MR) is 51.1 cm³/mol. The van der Waals surface area contributed by atoms with Crippen molar-refractivity contribution < 1.29 is 14.7 Å². The molecule has 0 saturated heterocycles. The Hall–Kier alpha value is -2.05. The van der Waals surface area contributed by atoms with Crippen molar-refractivity contribution in [3.05, 3.63) is 18.2 Å². The molecule has 0 saturated carbocycles. The standard InChI is InChI=1S/C8H12N4O3/c1-5(7(13)14)12-8(15)10-3-6-2-9-4-11-6/h2,4-5H,3H2,1H3,(H,9,11)(H,13,14)(H2,10,12,15)/t5-/m1/s1. The van der Waals surface area contributed by atoms with Gasteiger partial charge in [0.2, 0.25) is 0 Å². The summed E-state index contributed by atoms with van der Waals surface area (Å²) < 4.78 is 0. The van der Waals surface area contributed by atoms with Gasteiger partial charge in [0.1, 0.15) is 6.04 Å². The van der Waals surface area contributed by atoms with Gasteiger partial charge in [-0.25, -0.2) is 9.78 Å². The molecule has 82 valence electrons. The number of H-pyrrole nitrogens is 1. The van der Waals surface area contributed by atoms with Gasteiger partial charge < -0.3 is 20.7 Å². The molecule has 0 unspecified atom stereocenters. The second-order valence-electron chi connectivity index (χ2n) is 2.96. The summed E-state index contributed by atoms with van der Waals surface area (Å²) >= 11 is 0. The van der Waals surface area contributed by atoms with Crippen LogP contribution in [0.2, 0.25) is 0 Å². The summed E-state index contributed by atoms with van der Waals surface area (Å²) in [5.41, 5.74) is 0.744. The number of nitrogens with one attached hydrogen (secondary N) is 3. The van der Waals surface area contributed by atoms with E-state index in [-0.39, 0.29) is 6.54 Å². The predicted octanol–water partition coefficient (Wildman–Crippen LogP) is -0.318. The fraction of sp³-hybridized carbons (Fsp3) is 0.375. The van der Waals surface area contributed by atoms with E-state index in [1.807, 2.05) is 0 Å². The molecule has 0 bridgehead atoms. The van der Waals surface area contributed by atoms with Crippen LogP contribution in [-0.2, 0) is 11.3 Å². The molecule has 1 rings (SSSR count). The van der Waals surface area contributed by atoms with Crippen molar-refractivity contribution in [3.63, 3.8) is 0 Å². The summed E-state index contributed by atoms with van der Waals surface area (Å²) in [6.45, 7) is 1.66. The van der Waals surface area contributed by atoms with Gasteiger partial charge in [0.05, 0.1) is 18.6 Å². The average Bonchev–Trinajstić information content (AvgIpc) is 2.66. The highest BCUT2D eigenvalue weighted by Crippen LogP contribution is 1.89. The molecule has 0 fully saturated rings. The van der Waals surface area contributed by atoms with Crippen LogP contribution in [-0.4, -0.2) is 33.1 Å². The lowest BCUT2D eigenvalue weighted by Crippen LogP contribution is -2.44. The molecule has 1 atom stereocenters. The summed E-state index contributed by atoms with van der Waals surface area (Å²) in [7, 11) is 0. The van der Waals surface area contributed by atoms with Crippen LogP contribution in [0, 0.1) is 0 Å². The molecule has 0 aliphatic rings. The Morgan fingerprint density at radius 1 is 1.67 bits per heavy atom. The van der Waals surface area contributed by atoms with Crippen LogP contribution in [0.3, 0.4) is 0 Å². The molecular weight excluding hydrogens is 200 g/mol. The van der Waals surface area contributed by atoms with E-state index in [4.69, 9.17) is 5.11 Å². The van der Waals surface area contributed by atoms with Gasteiger partial charge >= 0.3 is 12.0 Å². The number of carbonyl (C=O) groups is 2. The van der Waals surface area contributed by atoms with E-state index in [1.165, 1.54) is 13.3 Å². The molecule has 0 radical (unpaired) electrons. The summed E-state index contributed by atoms with van der Waals surface area (Å²) in [4.78, 5) is 28.1. The minimum Gasteiger partial charge on any atom is -0.480 e. The van der Waals surface area contributed by atoms with E-state index >= 15 is 0 Å². The smallest absolute Gasteiger partial charge is 0.325 e. The normalized spacial score (nSPS) is 11.8. The molecule has 7 heteroatoms. The Labute approximate surface area is 85.9 Å². The van der Waals surface area contributed by atoms with Crippen molar-refractivity contribution >= 4 is 12.0 Å². The second-order valence-corrected chi connectivity index (χ2v) is 2.96. The minimum absolute atomic E-state index is 0.276. The second kappa shape index (κ2) is 4.99. The van der Waals surface area contributed by atoms with Gasteiger partial charge in [-0.3, -0.25) is 4.79 Å². The topological polar surface area (TPSA) is 107 Å². The quantitative estimate of drug-likeness (QED) is 0.548. The van der Waals surface area contributed by atoms with Crippen LogP contribution in [0.25, 0.3) is 0 Å². The lowest BCUT2D eigenvalue weighted by atomic mass is 10.3. The number of aromatic amines is 1. The van der Waals surface area contributed by atoms with Gasteiger partial charge in [0.25, 0.3) is 0 Å². The lowest BCUT2D eigenvalue weighted by molar-refractivity contribution is -0.138. The van der Waals surface area contributed by atoms with Crippen molar-refractivity contribution in [2.75, 3.05) is 0 Å². The van der Waals surface area contributed by atoms with Gasteiger partial charge in [0, 0.05) is 6.20 Å². The number of carbonyl (C=O) groups excluding carboxylic acids is 1. The highest BCUT2D eigenvalue weighted by atomic mass is 16.4. The van der Waals surface area contributed by atoms with E-state index in [0.717, 1.165) is 5.69 Å². The first-order valence-electron chi connectivity index (χ1n) is 4.34. The van der Waals surface area contributed by atoms with Crippen molar-refractivity contribution in [1.82, 2.24) is 20.6 Å². The van der Waals surface area contributed by atoms with Gasteiger partial charge in [-0.2, -0.15) is 0 Å². The Balaban J connectivity index is 2.28. The van der Waals surface area contributed by atoms with E-state index in [9.17, 15) is 9.59 Å². The summed E-state index contributed by atoms with van der Waals surface area (Å²) in [6.07, 6.45) is 3.07. The fourth-order valence-electron chi connectivity index (χ4n) is 0.866. The largest absolute Gasteiger partial charge is 0.480 e. The van der Waals surface area contributed by atoms with Crippen molar-refractivity contribution in [1.29, 1.82) is 0 Å². The number of imidazole rings is 1. The summed E-state index contributed by atoms with van der Waals surface area (Å²) in [5.74, 6) is -1.08. The van der Waals surface area contributed by atoms with Crippen molar-refractivity contribution in [2.24, 2.45) is 0 Å². The number of carboxylic acids is 1. The Morgan fingerprint density at radius 2 is 2.40 bits per heavy atom. The third-order valence-corrected chi connectivity index (χ3v) is 1.71. The van der Waals surface area contributed by atoms with Crippen LogP contribution in [0.1, 0.15) is 12.6 Å². The molecule has 7 nitrogen and oxygen atoms in total. The van der Waals surface area contributed by atoms with Crippen LogP contribution in [0.4, 0.5) is 4.79 Å². The zero-order valence-electron chi connectivity index (χ0n) is 8.15. The van der Waals surface area contributed by atoms with E-state index < -0.39 is 18.0 Å². The number of aromatic nitrogens is 2. The van der Waals surface area contributed by atoms with Crippen molar-refractivity contribution in [2.45, 2.75) is 19.5 Å². The van der Waals surface area contributed by atoms with Gasteiger partial charge in [-0.05, 0) is 6.92 Å².